The number of rotatable bonds is 5. The fourth-order valence-corrected chi connectivity index (χ4v) is 3.94. The van der Waals surface area contributed by atoms with Gasteiger partial charge < -0.3 is 10.6 Å². The van der Waals surface area contributed by atoms with Crippen molar-refractivity contribution >= 4 is 5.69 Å². The van der Waals surface area contributed by atoms with Crippen molar-refractivity contribution in [3.05, 3.63) is 29.8 Å². The molecule has 2 atom stereocenters. The average molecular weight is 274 g/mol. The molecule has 0 heterocycles. The maximum atomic E-state index is 6.26. The number of benzene rings is 1. The van der Waals surface area contributed by atoms with E-state index in [-0.39, 0.29) is 5.54 Å². The number of anilines is 1. The van der Waals surface area contributed by atoms with Crippen LogP contribution in [0.1, 0.15) is 51.5 Å². The average Bonchev–Trinajstić information content (AvgIpc) is 2.54. The molecule has 2 unspecified atom stereocenters. The molecule has 0 bridgehead atoms. The molecule has 112 valence electrons. The van der Waals surface area contributed by atoms with Gasteiger partial charge in [0, 0.05) is 19.3 Å². The van der Waals surface area contributed by atoms with Gasteiger partial charge in [-0.15, -0.1) is 0 Å². The van der Waals surface area contributed by atoms with Crippen molar-refractivity contribution in [2.45, 2.75) is 57.9 Å². The Labute approximate surface area is 124 Å². The molecule has 1 aliphatic rings. The van der Waals surface area contributed by atoms with Gasteiger partial charge in [0.1, 0.15) is 0 Å². The van der Waals surface area contributed by atoms with E-state index in [0.717, 1.165) is 18.9 Å². The highest BCUT2D eigenvalue weighted by Gasteiger charge is 2.42. The molecule has 2 heteroatoms. The van der Waals surface area contributed by atoms with Gasteiger partial charge in [-0.05, 0) is 42.9 Å². The van der Waals surface area contributed by atoms with Crippen LogP contribution in [0.2, 0.25) is 0 Å². The number of likely N-dealkylation sites (N-methyl/N-ethyl adjacent to an activating group) is 1. The van der Waals surface area contributed by atoms with E-state index in [4.69, 9.17) is 5.73 Å². The van der Waals surface area contributed by atoms with Crippen LogP contribution in [-0.2, 0) is 6.42 Å². The van der Waals surface area contributed by atoms with Crippen molar-refractivity contribution in [3.8, 4) is 0 Å². The molecular formula is C18H30N2. The molecule has 0 radical (unpaired) electrons. The molecular weight excluding hydrogens is 244 g/mol. The van der Waals surface area contributed by atoms with E-state index in [2.05, 4.69) is 50.1 Å². The summed E-state index contributed by atoms with van der Waals surface area (Å²) in [6.45, 7) is 5.28. The summed E-state index contributed by atoms with van der Waals surface area (Å²) in [5.74, 6) is 0.720. The minimum Gasteiger partial charge on any atom is -0.367 e. The second-order valence-corrected chi connectivity index (χ2v) is 6.24. The van der Waals surface area contributed by atoms with Crippen molar-refractivity contribution in [1.29, 1.82) is 0 Å². The predicted molar refractivity (Wildman–Crippen MR) is 88.3 cm³/mol. The van der Waals surface area contributed by atoms with Gasteiger partial charge in [0.15, 0.2) is 0 Å². The quantitative estimate of drug-likeness (QED) is 0.880. The molecule has 0 aromatic heterocycles. The molecule has 20 heavy (non-hydrogen) atoms. The van der Waals surface area contributed by atoms with Gasteiger partial charge >= 0.3 is 0 Å². The minimum atomic E-state index is 0.154. The number of hydrogen-bond donors (Lipinski definition) is 1. The third-order valence-corrected chi connectivity index (χ3v) is 5.42. The molecule has 1 fully saturated rings. The lowest BCUT2D eigenvalue weighted by Crippen LogP contribution is -2.58. The van der Waals surface area contributed by atoms with Gasteiger partial charge in [0.2, 0.25) is 0 Å². The van der Waals surface area contributed by atoms with Crippen LogP contribution in [0.4, 0.5) is 5.69 Å². The van der Waals surface area contributed by atoms with Crippen LogP contribution in [0.25, 0.3) is 0 Å². The van der Waals surface area contributed by atoms with Crippen LogP contribution in [0.3, 0.4) is 0 Å². The van der Waals surface area contributed by atoms with Crippen LogP contribution in [-0.4, -0.2) is 19.1 Å². The molecule has 2 nitrogen and oxygen atoms in total. The Morgan fingerprint density at radius 2 is 1.90 bits per heavy atom. The maximum absolute atomic E-state index is 6.26. The Morgan fingerprint density at radius 1 is 1.20 bits per heavy atom. The highest BCUT2D eigenvalue weighted by Crippen LogP contribution is 2.41. The molecule has 2 rings (SSSR count). The zero-order valence-electron chi connectivity index (χ0n) is 13.4. The van der Waals surface area contributed by atoms with Crippen LogP contribution < -0.4 is 10.6 Å². The van der Waals surface area contributed by atoms with Gasteiger partial charge in [0.05, 0.1) is 5.54 Å². The lowest BCUT2D eigenvalue weighted by molar-refractivity contribution is 0.183. The zero-order chi connectivity index (χ0) is 14.6. The van der Waals surface area contributed by atoms with E-state index in [0.29, 0.717) is 0 Å². The number of hydrogen-bond acceptors (Lipinski definition) is 2. The molecule has 2 N–H and O–H groups in total. The van der Waals surface area contributed by atoms with E-state index in [1.807, 2.05) is 0 Å². The summed E-state index contributed by atoms with van der Waals surface area (Å²) in [6.07, 6.45) is 7.56. The van der Waals surface area contributed by atoms with Crippen LogP contribution in [0.5, 0.6) is 0 Å². The highest BCUT2D eigenvalue weighted by atomic mass is 15.2. The van der Waals surface area contributed by atoms with E-state index in [9.17, 15) is 0 Å². The Morgan fingerprint density at radius 3 is 2.45 bits per heavy atom. The van der Waals surface area contributed by atoms with E-state index in [1.54, 1.807) is 0 Å². The fourth-order valence-electron chi connectivity index (χ4n) is 3.94. The summed E-state index contributed by atoms with van der Waals surface area (Å²) in [4.78, 5) is 2.47. The van der Waals surface area contributed by atoms with Crippen molar-refractivity contribution in [3.63, 3.8) is 0 Å². The van der Waals surface area contributed by atoms with Gasteiger partial charge in [0.25, 0.3) is 0 Å². The summed E-state index contributed by atoms with van der Waals surface area (Å²) in [5, 5.41) is 0. The van der Waals surface area contributed by atoms with Crippen molar-refractivity contribution in [2.75, 3.05) is 18.5 Å². The van der Waals surface area contributed by atoms with Gasteiger partial charge in [-0.25, -0.2) is 0 Å². The Kier molecular flexibility index (Phi) is 5.09. The number of nitrogens with zero attached hydrogens (tertiary/aromatic N) is 1. The first-order valence-corrected chi connectivity index (χ1v) is 8.20. The van der Waals surface area contributed by atoms with Crippen LogP contribution in [0, 0.1) is 5.92 Å². The molecule has 0 aliphatic heterocycles. The van der Waals surface area contributed by atoms with E-state index in [1.165, 1.54) is 43.4 Å². The Balaban J connectivity index is 2.28. The molecule has 0 spiro atoms. The first-order chi connectivity index (χ1) is 9.67. The standard InChI is InChI=1S/C18H30N2/c1-4-15-9-11-17(12-10-15)20(3)18(14-19)13-7-6-8-16(18)5-2/h9-12,16H,4-8,13-14,19H2,1-3H3. The largest absolute Gasteiger partial charge is 0.367 e. The molecule has 1 saturated carbocycles. The van der Waals surface area contributed by atoms with Crippen molar-refractivity contribution < 1.29 is 0 Å². The van der Waals surface area contributed by atoms with E-state index >= 15 is 0 Å². The van der Waals surface area contributed by atoms with Crippen molar-refractivity contribution in [2.24, 2.45) is 11.7 Å². The predicted octanol–water partition coefficient (Wildman–Crippen LogP) is 3.98. The summed E-state index contributed by atoms with van der Waals surface area (Å²) in [5.41, 5.74) is 9.13. The first kappa shape index (κ1) is 15.4. The Hall–Kier alpha value is -1.02. The molecule has 0 saturated heterocycles. The van der Waals surface area contributed by atoms with Gasteiger partial charge in [-0.1, -0.05) is 45.2 Å². The highest BCUT2D eigenvalue weighted by molar-refractivity contribution is 5.50. The normalized spacial score (nSPS) is 26.5. The Bertz CT molecular complexity index is 412. The van der Waals surface area contributed by atoms with Crippen LogP contribution in [0.15, 0.2) is 24.3 Å². The fraction of sp³-hybridized carbons (Fsp3) is 0.667. The van der Waals surface area contributed by atoms with Gasteiger partial charge in [-0.2, -0.15) is 0 Å². The monoisotopic (exact) mass is 274 g/mol. The number of nitrogens with two attached hydrogens (primary N) is 1. The second-order valence-electron chi connectivity index (χ2n) is 6.24. The third kappa shape index (κ3) is 2.71. The third-order valence-electron chi connectivity index (χ3n) is 5.42. The summed E-state index contributed by atoms with van der Waals surface area (Å²) in [7, 11) is 2.24. The van der Waals surface area contributed by atoms with Crippen molar-refractivity contribution in [1.82, 2.24) is 0 Å². The maximum Gasteiger partial charge on any atom is 0.0548 e. The molecule has 0 amide bonds. The number of aryl methyl sites for hydroxylation is 1. The SMILES string of the molecule is CCc1ccc(N(C)C2(CN)CCCCC2CC)cc1. The molecule has 1 aliphatic carbocycles. The smallest absolute Gasteiger partial charge is 0.0548 e. The lowest BCUT2D eigenvalue weighted by atomic mass is 9.70. The first-order valence-electron chi connectivity index (χ1n) is 8.20. The summed E-state index contributed by atoms with van der Waals surface area (Å²) < 4.78 is 0. The topological polar surface area (TPSA) is 29.3 Å². The van der Waals surface area contributed by atoms with E-state index < -0.39 is 0 Å². The minimum absolute atomic E-state index is 0.154. The summed E-state index contributed by atoms with van der Waals surface area (Å²) in [6, 6.07) is 9.02. The lowest BCUT2D eigenvalue weighted by Gasteiger charge is -2.50. The van der Waals surface area contributed by atoms with Crippen LogP contribution >= 0.6 is 0 Å². The van der Waals surface area contributed by atoms with Gasteiger partial charge in [-0.3, -0.25) is 0 Å². The molecule has 1 aromatic rings. The summed E-state index contributed by atoms with van der Waals surface area (Å²) >= 11 is 0. The second kappa shape index (κ2) is 6.62. The zero-order valence-corrected chi connectivity index (χ0v) is 13.4. The molecule has 1 aromatic carbocycles.